The van der Waals surface area contributed by atoms with Gasteiger partial charge < -0.3 is 0 Å². The van der Waals surface area contributed by atoms with Gasteiger partial charge in [-0.3, -0.25) is 0 Å². The van der Waals surface area contributed by atoms with Crippen molar-refractivity contribution in [3.8, 4) is 0 Å². The molecule has 4 heteroatoms. The average Bonchev–Trinajstić information content (AvgIpc) is 2.49. The van der Waals surface area contributed by atoms with Crippen molar-refractivity contribution in [2.75, 3.05) is 0 Å². The SMILES string of the molecule is CCCCCCCC[n+]1c(C)n(C)[nH]c1=S. The largest absolute Gasteiger partial charge is 0.323 e. The van der Waals surface area contributed by atoms with E-state index in [-0.39, 0.29) is 0 Å². The van der Waals surface area contributed by atoms with E-state index in [1.54, 1.807) is 0 Å². The van der Waals surface area contributed by atoms with Gasteiger partial charge in [0.1, 0.15) is 0 Å². The summed E-state index contributed by atoms with van der Waals surface area (Å²) in [6.07, 6.45) is 7.97. The Labute approximate surface area is 103 Å². The molecule has 16 heavy (non-hydrogen) atoms. The number of nitrogens with zero attached hydrogens (tertiary/aromatic N) is 2. The lowest BCUT2D eigenvalue weighted by Crippen LogP contribution is -2.36. The summed E-state index contributed by atoms with van der Waals surface area (Å²) >= 11 is 5.27. The summed E-state index contributed by atoms with van der Waals surface area (Å²) in [5.41, 5.74) is 0. The molecule has 0 spiro atoms. The zero-order chi connectivity index (χ0) is 12.0. The first-order valence-corrected chi connectivity index (χ1v) is 6.73. The molecule has 0 amide bonds. The van der Waals surface area contributed by atoms with Crippen LogP contribution < -0.4 is 4.57 Å². The Hall–Kier alpha value is -0.640. The maximum Gasteiger partial charge on any atom is 0.323 e. The predicted octanol–water partition coefficient (Wildman–Crippen LogP) is 3.04. The van der Waals surface area contributed by atoms with Crippen molar-refractivity contribution in [3.63, 3.8) is 0 Å². The Balaban J connectivity index is 2.29. The van der Waals surface area contributed by atoms with Gasteiger partial charge >= 0.3 is 4.77 Å². The van der Waals surface area contributed by atoms with E-state index >= 15 is 0 Å². The molecule has 1 N–H and O–H groups in total. The summed E-state index contributed by atoms with van der Waals surface area (Å²) in [5, 5.41) is 3.13. The highest BCUT2D eigenvalue weighted by atomic mass is 32.1. The van der Waals surface area contributed by atoms with Crippen molar-refractivity contribution in [2.45, 2.75) is 58.9 Å². The minimum Gasteiger partial charge on any atom is -0.222 e. The molecule has 0 aromatic carbocycles. The van der Waals surface area contributed by atoms with Gasteiger partial charge in [0, 0.05) is 6.92 Å². The van der Waals surface area contributed by atoms with E-state index in [9.17, 15) is 0 Å². The molecule has 0 fully saturated rings. The highest BCUT2D eigenvalue weighted by Gasteiger charge is 2.10. The topological polar surface area (TPSA) is 24.6 Å². The molecule has 0 aliphatic heterocycles. The molecular weight excluding hydrogens is 218 g/mol. The van der Waals surface area contributed by atoms with Gasteiger partial charge in [0.25, 0.3) is 0 Å². The van der Waals surface area contributed by atoms with Crippen LogP contribution in [-0.4, -0.2) is 9.78 Å². The fourth-order valence-electron chi connectivity index (χ4n) is 1.93. The van der Waals surface area contributed by atoms with Crippen molar-refractivity contribution in [3.05, 3.63) is 10.6 Å². The van der Waals surface area contributed by atoms with E-state index in [2.05, 4.69) is 23.5 Å². The second-order valence-corrected chi connectivity index (χ2v) is 4.83. The van der Waals surface area contributed by atoms with Gasteiger partial charge in [-0.05, 0) is 18.6 Å². The van der Waals surface area contributed by atoms with Crippen LogP contribution >= 0.6 is 12.2 Å². The summed E-state index contributed by atoms with van der Waals surface area (Å²) in [4.78, 5) is 0. The Morgan fingerprint density at radius 1 is 1.19 bits per heavy atom. The number of aryl methyl sites for hydroxylation is 1. The van der Waals surface area contributed by atoms with Crippen molar-refractivity contribution in [1.82, 2.24) is 9.78 Å². The molecule has 0 aliphatic carbocycles. The smallest absolute Gasteiger partial charge is 0.222 e. The fourth-order valence-corrected chi connectivity index (χ4v) is 2.29. The van der Waals surface area contributed by atoms with E-state index in [1.165, 1.54) is 44.3 Å². The van der Waals surface area contributed by atoms with Crippen LogP contribution in [0.15, 0.2) is 0 Å². The first-order valence-electron chi connectivity index (χ1n) is 6.32. The van der Waals surface area contributed by atoms with E-state index in [0.29, 0.717) is 0 Å². The number of hydrogen-bond acceptors (Lipinski definition) is 1. The molecular formula is C12H24N3S+. The molecule has 0 bridgehead atoms. The standard InChI is InChI=1S/C12H23N3S/c1-4-5-6-7-8-9-10-15-11(2)14(3)13-12(15)16/h4-10H2,1-3H3/p+1. The molecule has 0 unspecified atom stereocenters. The number of hydrogen-bond donors (Lipinski definition) is 1. The molecule has 1 rings (SSSR count). The Bertz CT molecular complexity index is 365. The number of aromatic nitrogens is 3. The number of nitrogens with one attached hydrogen (secondary N) is 1. The maximum atomic E-state index is 5.27. The number of unbranched alkanes of at least 4 members (excludes halogenated alkanes) is 5. The van der Waals surface area contributed by atoms with Crippen LogP contribution in [0.2, 0.25) is 0 Å². The van der Waals surface area contributed by atoms with E-state index in [1.807, 2.05) is 11.7 Å². The first kappa shape index (κ1) is 13.4. The Morgan fingerprint density at radius 3 is 2.38 bits per heavy atom. The van der Waals surface area contributed by atoms with Crippen molar-refractivity contribution >= 4 is 12.2 Å². The van der Waals surface area contributed by atoms with Gasteiger partial charge in [0.2, 0.25) is 5.82 Å². The van der Waals surface area contributed by atoms with Crippen LogP contribution in [0.25, 0.3) is 0 Å². The third-order valence-electron chi connectivity index (χ3n) is 3.12. The molecule has 0 saturated carbocycles. The molecule has 0 radical (unpaired) electrons. The zero-order valence-corrected chi connectivity index (χ0v) is 11.6. The van der Waals surface area contributed by atoms with Gasteiger partial charge in [-0.15, -0.1) is 5.10 Å². The summed E-state index contributed by atoms with van der Waals surface area (Å²) in [5.74, 6) is 1.21. The molecule has 1 aromatic heterocycles. The summed E-state index contributed by atoms with van der Waals surface area (Å²) < 4.78 is 5.02. The molecule has 0 aliphatic rings. The zero-order valence-electron chi connectivity index (χ0n) is 10.8. The molecule has 0 saturated heterocycles. The monoisotopic (exact) mass is 242 g/mol. The van der Waals surface area contributed by atoms with Crippen molar-refractivity contribution in [2.24, 2.45) is 7.05 Å². The van der Waals surface area contributed by atoms with Crippen LogP contribution in [0.4, 0.5) is 0 Å². The van der Waals surface area contributed by atoms with Gasteiger partial charge in [0.15, 0.2) is 0 Å². The third kappa shape index (κ3) is 3.74. The molecule has 3 nitrogen and oxygen atoms in total. The normalized spacial score (nSPS) is 10.9. The lowest BCUT2D eigenvalue weighted by Gasteiger charge is -2.00. The molecule has 92 valence electrons. The van der Waals surface area contributed by atoms with Crippen LogP contribution in [0, 0.1) is 11.7 Å². The van der Waals surface area contributed by atoms with Crippen LogP contribution in [-0.2, 0) is 13.6 Å². The van der Waals surface area contributed by atoms with Crippen molar-refractivity contribution < 1.29 is 4.57 Å². The first-order chi connectivity index (χ1) is 7.66. The molecule has 1 aromatic rings. The Morgan fingerprint density at radius 2 is 1.81 bits per heavy atom. The van der Waals surface area contributed by atoms with Gasteiger partial charge in [-0.2, -0.15) is 4.68 Å². The molecule has 0 atom stereocenters. The van der Waals surface area contributed by atoms with Crippen LogP contribution in [0.1, 0.15) is 51.3 Å². The second kappa shape index (κ2) is 6.84. The minimum absolute atomic E-state index is 0.841. The fraction of sp³-hybridized carbons (Fsp3) is 0.833. The highest BCUT2D eigenvalue weighted by Crippen LogP contribution is 2.04. The predicted molar refractivity (Wildman–Crippen MR) is 68.9 cm³/mol. The summed E-state index contributed by atoms with van der Waals surface area (Å²) in [7, 11) is 2.00. The van der Waals surface area contributed by atoms with Gasteiger partial charge in [-0.1, -0.05) is 39.0 Å². The summed E-state index contributed by atoms with van der Waals surface area (Å²) in [6.45, 7) is 5.40. The number of H-pyrrole nitrogens is 1. The number of rotatable bonds is 7. The Kier molecular flexibility index (Phi) is 5.74. The quantitative estimate of drug-likeness (QED) is 0.444. The average molecular weight is 242 g/mol. The lowest BCUT2D eigenvalue weighted by molar-refractivity contribution is -0.710. The number of aromatic amines is 1. The van der Waals surface area contributed by atoms with E-state index < -0.39 is 0 Å². The highest BCUT2D eigenvalue weighted by molar-refractivity contribution is 7.71. The maximum absolute atomic E-state index is 5.27. The third-order valence-corrected chi connectivity index (χ3v) is 3.43. The summed E-state index contributed by atoms with van der Waals surface area (Å²) in [6, 6.07) is 0. The van der Waals surface area contributed by atoms with E-state index in [4.69, 9.17) is 12.2 Å². The lowest BCUT2D eigenvalue weighted by atomic mass is 10.1. The van der Waals surface area contributed by atoms with Crippen molar-refractivity contribution in [1.29, 1.82) is 0 Å². The van der Waals surface area contributed by atoms with Crippen LogP contribution in [0.3, 0.4) is 0 Å². The van der Waals surface area contributed by atoms with E-state index in [0.717, 1.165) is 11.3 Å². The minimum atomic E-state index is 0.841. The van der Waals surface area contributed by atoms with Crippen LogP contribution in [0.5, 0.6) is 0 Å². The second-order valence-electron chi connectivity index (χ2n) is 4.44. The van der Waals surface area contributed by atoms with Gasteiger partial charge in [0.05, 0.1) is 13.6 Å². The van der Waals surface area contributed by atoms with Gasteiger partial charge in [-0.25, -0.2) is 4.57 Å². The molecule has 1 heterocycles.